The van der Waals surface area contributed by atoms with Gasteiger partial charge in [0.2, 0.25) is 11.8 Å². The van der Waals surface area contributed by atoms with Crippen LogP contribution in [0.4, 0.5) is 5.69 Å². The van der Waals surface area contributed by atoms with E-state index < -0.39 is 6.04 Å². The Hall–Kier alpha value is -3.87. The van der Waals surface area contributed by atoms with Crippen LogP contribution in [0.2, 0.25) is 10.0 Å². The van der Waals surface area contributed by atoms with Crippen LogP contribution in [0.5, 0.6) is 0 Å². The molecule has 0 saturated carbocycles. The molecule has 4 aromatic rings. The van der Waals surface area contributed by atoms with Gasteiger partial charge >= 0.3 is 0 Å². The lowest BCUT2D eigenvalue weighted by Gasteiger charge is -2.33. The lowest BCUT2D eigenvalue weighted by Crippen LogP contribution is -2.52. The Morgan fingerprint density at radius 3 is 2.28 bits per heavy atom. The SMILES string of the molecule is CCC(C)NC(=O)C(Cc1ccccc1)N(Cc1c(Cl)cccc1Cl)C(=O)CCCN1C(=O)c2cccc3cccc1c23. The highest BCUT2D eigenvalue weighted by atomic mass is 35.5. The molecule has 2 unspecified atom stereocenters. The van der Waals surface area contributed by atoms with E-state index in [-0.39, 0.29) is 36.7 Å². The second kappa shape index (κ2) is 13.6. The van der Waals surface area contributed by atoms with Crippen LogP contribution >= 0.6 is 23.2 Å². The maximum Gasteiger partial charge on any atom is 0.258 e. The van der Waals surface area contributed by atoms with E-state index in [0.717, 1.165) is 28.4 Å². The number of amides is 3. The molecule has 5 rings (SSSR count). The first-order valence-electron chi connectivity index (χ1n) is 14.7. The predicted molar refractivity (Wildman–Crippen MR) is 174 cm³/mol. The number of anilines is 1. The molecule has 0 aliphatic carbocycles. The van der Waals surface area contributed by atoms with E-state index in [1.165, 1.54) is 0 Å². The Balaban J connectivity index is 1.41. The van der Waals surface area contributed by atoms with Crippen LogP contribution in [0.1, 0.15) is 54.6 Å². The van der Waals surface area contributed by atoms with Gasteiger partial charge in [-0.3, -0.25) is 14.4 Å². The van der Waals surface area contributed by atoms with Gasteiger partial charge in [0.05, 0.1) is 5.69 Å². The quantitative estimate of drug-likeness (QED) is 0.180. The van der Waals surface area contributed by atoms with E-state index >= 15 is 0 Å². The fourth-order valence-electron chi connectivity index (χ4n) is 5.58. The number of nitrogens with zero attached hydrogens (tertiary/aromatic N) is 2. The van der Waals surface area contributed by atoms with Crippen molar-refractivity contribution >= 4 is 57.4 Å². The Kier molecular flexibility index (Phi) is 9.69. The van der Waals surface area contributed by atoms with E-state index in [0.29, 0.717) is 40.6 Å². The highest BCUT2D eigenvalue weighted by Crippen LogP contribution is 2.37. The van der Waals surface area contributed by atoms with Crippen molar-refractivity contribution in [2.45, 2.75) is 58.2 Å². The van der Waals surface area contributed by atoms with Crippen molar-refractivity contribution in [1.29, 1.82) is 0 Å². The zero-order chi connectivity index (χ0) is 30.5. The van der Waals surface area contributed by atoms with E-state index in [2.05, 4.69) is 5.32 Å². The third-order valence-electron chi connectivity index (χ3n) is 8.08. The molecule has 4 aromatic carbocycles. The van der Waals surface area contributed by atoms with Gasteiger partial charge in [0.1, 0.15) is 6.04 Å². The van der Waals surface area contributed by atoms with Crippen LogP contribution in [0.25, 0.3) is 10.8 Å². The number of hydrogen-bond donors (Lipinski definition) is 1. The summed E-state index contributed by atoms with van der Waals surface area (Å²) >= 11 is 13.1. The Morgan fingerprint density at radius 2 is 1.58 bits per heavy atom. The van der Waals surface area contributed by atoms with Crippen molar-refractivity contribution in [3.8, 4) is 0 Å². The van der Waals surface area contributed by atoms with Gasteiger partial charge in [-0.2, -0.15) is 0 Å². The molecule has 1 aliphatic heterocycles. The van der Waals surface area contributed by atoms with Gasteiger partial charge in [0.15, 0.2) is 0 Å². The fourth-order valence-corrected chi connectivity index (χ4v) is 6.10. The molecule has 1 heterocycles. The van der Waals surface area contributed by atoms with Crippen molar-refractivity contribution in [3.05, 3.63) is 112 Å². The second-order valence-electron chi connectivity index (χ2n) is 11.0. The molecule has 6 nitrogen and oxygen atoms in total. The maximum atomic E-state index is 14.1. The van der Waals surface area contributed by atoms with Crippen LogP contribution in [0, 0.1) is 0 Å². The first-order valence-corrected chi connectivity index (χ1v) is 15.4. The molecule has 1 aliphatic rings. The van der Waals surface area contributed by atoms with E-state index in [1.807, 2.05) is 80.6 Å². The topological polar surface area (TPSA) is 69.7 Å². The molecule has 0 spiro atoms. The molecular weight excluding hydrogens is 581 g/mol. The summed E-state index contributed by atoms with van der Waals surface area (Å²) in [7, 11) is 0. The summed E-state index contributed by atoms with van der Waals surface area (Å²) in [5, 5.41) is 5.90. The number of hydrogen-bond acceptors (Lipinski definition) is 3. The first-order chi connectivity index (χ1) is 20.8. The first kappa shape index (κ1) is 30.6. The van der Waals surface area contributed by atoms with Gasteiger partial charge in [-0.15, -0.1) is 0 Å². The van der Waals surface area contributed by atoms with Gasteiger partial charge in [0, 0.05) is 58.5 Å². The average molecular weight is 617 g/mol. The van der Waals surface area contributed by atoms with Crippen LogP contribution in [0.3, 0.4) is 0 Å². The monoisotopic (exact) mass is 615 g/mol. The van der Waals surface area contributed by atoms with Crippen LogP contribution in [-0.2, 0) is 22.6 Å². The number of benzene rings is 4. The molecule has 0 aromatic heterocycles. The van der Waals surface area contributed by atoms with E-state index in [9.17, 15) is 14.4 Å². The van der Waals surface area contributed by atoms with Crippen molar-refractivity contribution in [2.75, 3.05) is 11.4 Å². The fraction of sp³-hybridized carbons (Fsp3) is 0.286. The molecule has 0 radical (unpaired) electrons. The molecule has 8 heteroatoms. The third-order valence-corrected chi connectivity index (χ3v) is 8.79. The molecule has 0 fully saturated rings. The summed E-state index contributed by atoms with van der Waals surface area (Å²) in [5.74, 6) is -0.501. The summed E-state index contributed by atoms with van der Waals surface area (Å²) in [6.07, 6.45) is 1.65. The zero-order valence-electron chi connectivity index (χ0n) is 24.4. The smallest absolute Gasteiger partial charge is 0.258 e. The van der Waals surface area contributed by atoms with Crippen molar-refractivity contribution in [1.82, 2.24) is 10.2 Å². The summed E-state index contributed by atoms with van der Waals surface area (Å²) in [6.45, 7) is 4.40. The molecule has 43 heavy (non-hydrogen) atoms. The van der Waals surface area contributed by atoms with Crippen molar-refractivity contribution < 1.29 is 14.4 Å². The van der Waals surface area contributed by atoms with Crippen LogP contribution in [-0.4, -0.2) is 41.2 Å². The minimum absolute atomic E-state index is 0.0582. The van der Waals surface area contributed by atoms with Gasteiger partial charge < -0.3 is 15.1 Å². The Labute approximate surface area is 262 Å². The molecule has 1 N–H and O–H groups in total. The number of halogens is 2. The molecule has 0 bridgehead atoms. The predicted octanol–water partition coefficient (Wildman–Crippen LogP) is 7.44. The molecule has 0 saturated heterocycles. The van der Waals surface area contributed by atoms with Crippen LogP contribution < -0.4 is 10.2 Å². The zero-order valence-corrected chi connectivity index (χ0v) is 25.9. The summed E-state index contributed by atoms with van der Waals surface area (Å²) in [6, 6.07) is 25.6. The molecule has 222 valence electrons. The third kappa shape index (κ3) is 6.71. The summed E-state index contributed by atoms with van der Waals surface area (Å²) in [4.78, 5) is 44.5. The average Bonchev–Trinajstić information content (AvgIpc) is 3.28. The highest BCUT2D eigenvalue weighted by molar-refractivity contribution is 6.36. The molecule has 2 atom stereocenters. The van der Waals surface area contributed by atoms with Crippen LogP contribution in [0.15, 0.2) is 84.9 Å². The standard InChI is InChI=1S/C35H35Cl2N3O3/c1-3-23(2)38-34(42)31(21-24-11-5-4-6-12-24)40(22-27-28(36)16-9-17-29(27)37)32(41)19-10-20-39-30-18-8-14-25-13-7-15-26(33(25)30)35(39)43/h4-9,11-18,23,31H,3,10,19-22H2,1-2H3,(H,38,42). The van der Waals surface area contributed by atoms with E-state index in [1.54, 1.807) is 28.0 Å². The number of rotatable bonds is 12. The molecular formula is C35H35Cl2N3O3. The number of carbonyl (C=O) groups is 3. The minimum atomic E-state index is -0.789. The lowest BCUT2D eigenvalue weighted by molar-refractivity contribution is -0.141. The number of carbonyl (C=O) groups excluding carboxylic acids is 3. The van der Waals surface area contributed by atoms with E-state index in [4.69, 9.17) is 23.2 Å². The van der Waals surface area contributed by atoms with Crippen molar-refractivity contribution in [2.24, 2.45) is 0 Å². The highest BCUT2D eigenvalue weighted by Gasteiger charge is 2.33. The largest absolute Gasteiger partial charge is 0.352 e. The summed E-state index contributed by atoms with van der Waals surface area (Å²) < 4.78 is 0. The Morgan fingerprint density at radius 1 is 0.907 bits per heavy atom. The van der Waals surface area contributed by atoms with Gasteiger partial charge in [-0.25, -0.2) is 0 Å². The lowest BCUT2D eigenvalue weighted by atomic mass is 10.0. The van der Waals surface area contributed by atoms with Gasteiger partial charge in [-0.1, -0.05) is 90.8 Å². The molecule has 3 amide bonds. The normalized spacial score (nSPS) is 13.7. The summed E-state index contributed by atoms with van der Waals surface area (Å²) in [5.41, 5.74) is 3.06. The van der Waals surface area contributed by atoms with Gasteiger partial charge in [-0.05, 0) is 55.0 Å². The van der Waals surface area contributed by atoms with Gasteiger partial charge in [0.25, 0.3) is 5.91 Å². The Bertz CT molecular complexity index is 1620. The maximum absolute atomic E-state index is 14.1. The number of nitrogens with one attached hydrogen (secondary N) is 1. The second-order valence-corrected chi connectivity index (χ2v) is 11.8. The minimum Gasteiger partial charge on any atom is -0.352 e. The van der Waals surface area contributed by atoms with Crippen molar-refractivity contribution in [3.63, 3.8) is 0 Å².